The van der Waals surface area contributed by atoms with Gasteiger partial charge in [0, 0.05) is 30.0 Å². The number of fused-ring (bicyclic) bond motifs is 9. The van der Waals surface area contributed by atoms with Crippen LogP contribution >= 0.6 is 0 Å². The molecule has 2 aliphatic heterocycles. The van der Waals surface area contributed by atoms with Crippen molar-refractivity contribution in [3.05, 3.63) is 196 Å². The number of allylic oxidation sites excluding steroid dienone is 4. The van der Waals surface area contributed by atoms with Crippen molar-refractivity contribution in [1.82, 2.24) is 0 Å². The number of carbonyl (C=O) groups excluding carboxylic acids is 1. The highest BCUT2D eigenvalue weighted by Gasteiger charge is 2.29. The Labute approximate surface area is 425 Å². The molecule has 0 unspecified atom stereocenters. The maximum absolute atomic E-state index is 14.0. The molecule has 6 aromatic carbocycles. The first-order valence-electron chi connectivity index (χ1n) is 25.8. The van der Waals surface area contributed by atoms with Crippen LogP contribution < -0.4 is 14.8 Å². The third kappa shape index (κ3) is 12.3. The molecule has 0 amide bonds. The number of hydrogen-bond donors (Lipinski definition) is 4. The fourth-order valence-corrected chi connectivity index (χ4v) is 10.8. The third-order valence-electron chi connectivity index (χ3n) is 14.8. The minimum Gasteiger partial charge on any atom is -0.508 e. The van der Waals surface area contributed by atoms with Gasteiger partial charge in [0.05, 0.1) is 25.2 Å². The van der Waals surface area contributed by atoms with Crippen LogP contribution in [0.15, 0.2) is 151 Å². The van der Waals surface area contributed by atoms with Crippen LogP contribution in [0.3, 0.4) is 0 Å². The summed E-state index contributed by atoms with van der Waals surface area (Å²) in [6, 6.07) is 40.7. The molecule has 0 radical (unpaired) electrons. The Bertz CT molecular complexity index is 3000. The average Bonchev–Trinajstić information content (AvgIpc) is 3.38. The Morgan fingerprint density at radius 1 is 0.833 bits per heavy atom. The van der Waals surface area contributed by atoms with E-state index in [2.05, 4.69) is 103 Å². The second-order valence-electron chi connectivity index (χ2n) is 20.0. The van der Waals surface area contributed by atoms with E-state index in [-0.39, 0.29) is 47.5 Å². The number of Topliss-reactive ketones (excluding diaryl/α,β-unsaturated/α-hetero) is 1. The molecule has 7 atom stereocenters. The Balaban J connectivity index is 0.967. The van der Waals surface area contributed by atoms with Crippen LogP contribution in [0.4, 0.5) is 5.69 Å². The van der Waals surface area contributed by atoms with Gasteiger partial charge < -0.3 is 34.8 Å². The molecule has 0 saturated carbocycles. The van der Waals surface area contributed by atoms with Gasteiger partial charge in [-0.15, -0.1) is 0 Å². The Morgan fingerprint density at radius 3 is 2.42 bits per heavy atom. The lowest BCUT2D eigenvalue weighted by atomic mass is 9.80. The number of benzene rings is 6. The lowest BCUT2D eigenvalue weighted by molar-refractivity contribution is -0.121. The third-order valence-corrected chi connectivity index (χ3v) is 14.8. The highest BCUT2D eigenvalue weighted by atomic mass is 16.5. The monoisotopic (exact) mass is 961 g/mol. The number of aryl methyl sites for hydroxylation is 2. The lowest BCUT2D eigenvalue weighted by Crippen LogP contribution is -2.33. The van der Waals surface area contributed by atoms with Crippen LogP contribution in [0, 0.1) is 23.9 Å². The number of aromatic hydroxyl groups is 1. The molecule has 8 nitrogen and oxygen atoms in total. The van der Waals surface area contributed by atoms with Gasteiger partial charge in [-0.2, -0.15) is 0 Å². The zero-order valence-corrected chi connectivity index (χ0v) is 41.7. The summed E-state index contributed by atoms with van der Waals surface area (Å²) in [7, 11) is 1.63. The summed E-state index contributed by atoms with van der Waals surface area (Å²) in [5.41, 5.74) is 9.30. The average molecular weight is 962 g/mol. The summed E-state index contributed by atoms with van der Waals surface area (Å²) in [5.74, 6) is 4.84. The molecule has 2 aliphatic carbocycles. The number of ketones is 1. The summed E-state index contributed by atoms with van der Waals surface area (Å²) >= 11 is 0. The van der Waals surface area contributed by atoms with E-state index in [1.54, 1.807) is 13.2 Å². The number of unbranched alkanes of at least 4 members (excludes halogenated alkanes) is 1. The first-order valence-corrected chi connectivity index (χ1v) is 25.8. The van der Waals surface area contributed by atoms with E-state index >= 15 is 0 Å². The lowest BCUT2D eigenvalue weighted by Gasteiger charge is -2.28. The molecule has 10 rings (SSSR count). The molecule has 8 heteroatoms. The standard InChI is InChI=1S/C64H67NO7/c1-42-21-28-56-50-25-29-57-63(60(69)40-58(42)64(56)57)49(33-44-13-6-4-7-14-44)31-32-71-55(39-54(68)26-22-47-23-30-61(70-3)62(36-47)72-41-50)38-51-37-53(67)27-24-48(51)19-11-10-17-45-18-12-20-52(34-45)65-59(43(2)66)35-46-15-8-5-9-16-46/h4-9,12-16,18,20-21,23-25,27-30,34,36-37,40,42-43,48-49,51,55,59,65-67,69H,10-11,17,19,22,26,33,35,38-39,41H2,1-3H3/t42-,43+,48+,49+,51+,55+,59-/m1/s1. The number of carbonyl (C=O) groups is 1. The molecule has 2 heterocycles. The largest absolute Gasteiger partial charge is 0.508 e. The summed E-state index contributed by atoms with van der Waals surface area (Å²) < 4.78 is 18.9. The summed E-state index contributed by atoms with van der Waals surface area (Å²) in [6.45, 7) is 4.28. The topological polar surface area (TPSA) is 117 Å². The Morgan fingerprint density at radius 2 is 1.62 bits per heavy atom. The van der Waals surface area contributed by atoms with E-state index in [1.165, 1.54) is 11.1 Å². The maximum Gasteiger partial charge on any atom is 0.161 e. The minimum atomic E-state index is -0.552. The van der Waals surface area contributed by atoms with E-state index in [0.717, 1.165) is 81.9 Å². The number of rotatable bonds is 15. The molecule has 0 aromatic heterocycles. The smallest absolute Gasteiger partial charge is 0.161 e. The van der Waals surface area contributed by atoms with Gasteiger partial charge in [0.2, 0.25) is 0 Å². The number of aliphatic hydroxyl groups is 2. The van der Waals surface area contributed by atoms with E-state index in [0.29, 0.717) is 43.8 Å². The fraction of sp³-hybridized carbons (Fsp3) is 0.328. The molecule has 0 fully saturated rings. The molecule has 4 aliphatic rings. The number of methoxy groups -OCH3 is 1. The van der Waals surface area contributed by atoms with Crippen molar-refractivity contribution in [3.63, 3.8) is 0 Å². The number of hydrogen-bond acceptors (Lipinski definition) is 8. The molecule has 0 saturated heterocycles. The van der Waals surface area contributed by atoms with Crippen molar-refractivity contribution in [3.8, 4) is 29.3 Å². The predicted octanol–water partition coefficient (Wildman–Crippen LogP) is 13.3. The van der Waals surface area contributed by atoms with Crippen LogP contribution in [0.25, 0.3) is 16.8 Å². The predicted molar refractivity (Wildman–Crippen MR) is 289 cm³/mol. The molecule has 0 spiro atoms. The van der Waals surface area contributed by atoms with Crippen LogP contribution in [-0.4, -0.2) is 46.5 Å². The van der Waals surface area contributed by atoms with E-state index < -0.39 is 18.1 Å². The van der Waals surface area contributed by atoms with Crippen molar-refractivity contribution in [2.75, 3.05) is 12.4 Å². The van der Waals surface area contributed by atoms with E-state index in [4.69, 9.17) is 14.2 Å². The SMILES string of the molecule is COc1ccc2cc1OCc1ccc3c(c(O)cc4c3c1C=C[C@H]4C)[C@H](Cc1ccccc1)C#CO[C@@H](C[C@@H]1C=C(O)C=C[C@@H]1CCCCc1cccc(N[C@H](Cc3ccccc3)[C@H](C)O)c1)CC(=O)CC2. The number of phenols is 1. The van der Waals surface area contributed by atoms with Crippen LogP contribution in [0.2, 0.25) is 0 Å². The number of ether oxygens (including phenoxy) is 3. The summed E-state index contributed by atoms with van der Waals surface area (Å²) in [4.78, 5) is 14.0. The number of nitrogens with one attached hydrogen (secondary N) is 1. The second-order valence-corrected chi connectivity index (χ2v) is 20.0. The highest BCUT2D eigenvalue weighted by molar-refractivity contribution is 6.00. The van der Waals surface area contributed by atoms with Crippen molar-refractivity contribution in [2.24, 2.45) is 11.8 Å². The van der Waals surface area contributed by atoms with Crippen LogP contribution in [-0.2, 0) is 41.8 Å². The normalized spacial score (nSPS) is 20.5. The van der Waals surface area contributed by atoms with Gasteiger partial charge in [0.25, 0.3) is 0 Å². The van der Waals surface area contributed by atoms with Gasteiger partial charge in [-0.05, 0) is 156 Å². The molecule has 6 aromatic rings. The zero-order chi connectivity index (χ0) is 50.0. The van der Waals surface area contributed by atoms with Crippen molar-refractivity contribution >= 4 is 28.3 Å². The fourth-order valence-electron chi connectivity index (χ4n) is 10.8. The minimum absolute atomic E-state index is 0.0583. The zero-order valence-electron chi connectivity index (χ0n) is 41.7. The molecule has 6 bridgehead atoms. The second kappa shape index (κ2) is 23.3. The van der Waals surface area contributed by atoms with Gasteiger partial charge in [-0.1, -0.05) is 128 Å². The molecular formula is C64H67NO7. The first kappa shape index (κ1) is 49.8. The molecule has 4 N–H and O–H groups in total. The van der Waals surface area contributed by atoms with Gasteiger partial charge in [-0.3, -0.25) is 4.79 Å². The molecular weight excluding hydrogens is 895 g/mol. The number of aliphatic hydroxyl groups excluding tert-OH is 2. The van der Waals surface area contributed by atoms with Crippen LogP contribution in [0.5, 0.6) is 17.2 Å². The number of phenolic OH excluding ortho intramolecular Hbond substituents is 1. The van der Waals surface area contributed by atoms with E-state index in [1.807, 2.05) is 73.7 Å². The van der Waals surface area contributed by atoms with Crippen molar-refractivity contribution in [2.45, 2.75) is 115 Å². The van der Waals surface area contributed by atoms with Crippen molar-refractivity contribution < 1.29 is 34.3 Å². The van der Waals surface area contributed by atoms with E-state index in [9.17, 15) is 20.1 Å². The molecule has 370 valence electrons. The highest BCUT2D eigenvalue weighted by Crippen LogP contribution is 2.45. The van der Waals surface area contributed by atoms with Gasteiger partial charge in [0.1, 0.15) is 36.1 Å². The Kier molecular flexibility index (Phi) is 16.1. The first-order chi connectivity index (χ1) is 35.1. The maximum atomic E-state index is 14.0. The number of anilines is 1. The van der Waals surface area contributed by atoms with Crippen LogP contribution in [0.1, 0.15) is 109 Å². The summed E-state index contributed by atoms with van der Waals surface area (Å²) in [6.07, 6.45) is 18.7. The van der Waals surface area contributed by atoms with Gasteiger partial charge in [-0.25, -0.2) is 0 Å². The van der Waals surface area contributed by atoms with Crippen molar-refractivity contribution in [1.29, 1.82) is 0 Å². The van der Waals surface area contributed by atoms with Gasteiger partial charge in [0.15, 0.2) is 11.5 Å². The van der Waals surface area contributed by atoms with Gasteiger partial charge >= 0.3 is 0 Å². The Hall–Kier alpha value is -7.21. The molecule has 72 heavy (non-hydrogen) atoms. The quantitative estimate of drug-likeness (QED) is 0.0594. The summed E-state index contributed by atoms with van der Waals surface area (Å²) in [5, 5.41) is 39.1.